The van der Waals surface area contributed by atoms with Crippen molar-refractivity contribution >= 4 is 0 Å². The molecule has 1 heterocycles. The first-order chi connectivity index (χ1) is 8.74. The molecular weight excluding hydrogens is 224 g/mol. The molecule has 1 unspecified atom stereocenters. The Morgan fingerprint density at radius 1 is 1.11 bits per heavy atom. The van der Waals surface area contributed by atoms with Crippen LogP contribution in [0, 0.1) is 6.92 Å². The molecule has 3 rings (SSSR count). The number of hydrogen-bond acceptors (Lipinski definition) is 2. The van der Waals surface area contributed by atoms with E-state index in [1.165, 1.54) is 24.8 Å². The van der Waals surface area contributed by atoms with Crippen molar-refractivity contribution in [1.29, 1.82) is 0 Å². The number of rotatable bonds is 3. The molecule has 0 bridgehead atoms. The summed E-state index contributed by atoms with van der Waals surface area (Å²) in [5.74, 6) is 2.18. The molecule has 0 aliphatic heterocycles. The van der Waals surface area contributed by atoms with Gasteiger partial charge in [0.1, 0.15) is 17.6 Å². The fourth-order valence-corrected chi connectivity index (χ4v) is 2.46. The monoisotopic (exact) mass is 242 g/mol. The number of benzene rings is 1. The first kappa shape index (κ1) is 11.5. The zero-order valence-corrected chi connectivity index (χ0v) is 10.6. The van der Waals surface area contributed by atoms with Crippen LogP contribution >= 0.6 is 0 Å². The molecule has 2 nitrogen and oxygen atoms in total. The number of furan rings is 1. The van der Waals surface area contributed by atoms with Crippen LogP contribution in [0.15, 0.2) is 40.8 Å². The van der Waals surface area contributed by atoms with Crippen molar-refractivity contribution in [2.75, 3.05) is 0 Å². The van der Waals surface area contributed by atoms with Gasteiger partial charge in [-0.15, -0.1) is 0 Å². The van der Waals surface area contributed by atoms with Crippen molar-refractivity contribution in [1.82, 2.24) is 0 Å². The molecule has 0 saturated heterocycles. The molecule has 94 valence electrons. The molecule has 0 radical (unpaired) electrons. The Kier molecular flexibility index (Phi) is 2.96. The third kappa shape index (κ3) is 2.08. The van der Waals surface area contributed by atoms with Crippen LogP contribution in [-0.4, -0.2) is 5.11 Å². The largest absolute Gasteiger partial charge is 0.463 e. The van der Waals surface area contributed by atoms with Crippen LogP contribution in [0.1, 0.15) is 53.9 Å². The molecule has 1 atom stereocenters. The Labute approximate surface area is 107 Å². The lowest BCUT2D eigenvalue weighted by Gasteiger charge is -2.26. The zero-order valence-electron chi connectivity index (χ0n) is 10.6. The molecule has 1 aliphatic rings. The summed E-state index contributed by atoms with van der Waals surface area (Å²) in [6.07, 6.45) is 3.30. The maximum atomic E-state index is 10.2. The zero-order chi connectivity index (χ0) is 12.5. The Bertz CT molecular complexity index is 520. The Morgan fingerprint density at radius 2 is 1.83 bits per heavy atom. The lowest BCUT2D eigenvalue weighted by Crippen LogP contribution is -2.08. The second-order valence-corrected chi connectivity index (χ2v) is 5.15. The minimum Gasteiger partial charge on any atom is -0.463 e. The lowest BCUT2D eigenvalue weighted by molar-refractivity contribution is 0.187. The first-order valence-electron chi connectivity index (χ1n) is 6.58. The molecule has 0 spiro atoms. The average Bonchev–Trinajstić information content (AvgIpc) is 2.74. The van der Waals surface area contributed by atoms with Crippen molar-refractivity contribution in [3.05, 3.63) is 59.0 Å². The van der Waals surface area contributed by atoms with Gasteiger partial charge in [0.15, 0.2) is 0 Å². The highest BCUT2D eigenvalue weighted by molar-refractivity contribution is 5.31. The predicted molar refractivity (Wildman–Crippen MR) is 70.5 cm³/mol. The first-order valence-corrected chi connectivity index (χ1v) is 6.58. The van der Waals surface area contributed by atoms with Crippen LogP contribution in [0.2, 0.25) is 0 Å². The van der Waals surface area contributed by atoms with Gasteiger partial charge in [0, 0.05) is 0 Å². The fraction of sp³-hybridized carbons (Fsp3) is 0.375. The average molecular weight is 242 g/mol. The summed E-state index contributed by atoms with van der Waals surface area (Å²) >= 11 is 0. The molecule has 1 N–H and O–H groups in total. The maximum absolute atomic E-state index is 10.2. The van der Waals surface area contributed by atoms with Crippen molar-refractivity contribution in [3.8, 4) is 0 Å². The lowest BCUT2D eigenvalue weighted by atomic mass is 9.80. The molecular formula is C16H18O2. The van der Waals surface area contributed by atoms with Gasteiger partial charge < -0.3 is 9.52 Å². The van der Waals surface area contributed by atoms with Crippen LogP contribution in [0.5, 0.6) is 0 Å². The Hall–Kier alpha value is -1.54. The van der Waals surface area contributed by atoms with Gasteiger partial charge in [0.05, 0.1) is 0 Å². The van der Waals surface area contributed by atoms with E-state index in [4.69, 9.17) is 4.42 Å². The number of aliphatic hydroxyl groups is 1. The van der Waals surface area contributed by atoms with E-state index in [1.807, 2.05) is 31.2 Å². The standard InChI is InChI=1S/C16H18O2/c1-11-5-10-15(18-11)16(17)14-8-6-13(7-9-14)12-3-2-4-12/h5-10,12,16-17H,2-4H2,1H3. The predicted octanol–water partition coefficient (Wildman–Crippen LogP) is 3.94. The maximum Gasteiger partial charge on any atom is 0.137 e. The van der Waals surface area contributed by atoms with E-state index in [0.717, 1.165) is 17.2 Å². The summed E-state index contributed by atoms with van der Waals surface area (Å²) < 4.78 is 5.46. The molecule has 1 saturated carbocycles. The molecule has 2 heteroatoms. The highest BCUT2D eigenvalue weighted by Gasteiger charge is 2.20. The third-order valence-electron chi connectivity index (χ3n) is 3.86. The van der Waals surface area contributed by atoms with E-state index in [-0.39, 0.29) is 0 Å². The van der Waals surface area contributed by atoms with Crippen LogP contribution in [0.25, 0.3) is 0 Å². The number of hydrogen-bond donors (Lipinski definition) is 1. The highest BCUT2D eigenvalue weighted by atomic mass is 16.4. The summed E-state index contributed by atoms with van der Waals surface area (Å²) in [6.45, 7) is 1.88. The topological polar surface area (TPSA) is 33.4 Å². The summed E-state index contributed by atoms with van der Waals surface area (Å²) in [7, 11) is 0. The number of aryl methyl sites for hydroxylation is 1. The van der Waals surface area contributed by atoms with Gasteiger partial charge in [-0.3, -0.25) is 0 Å². The fourth-order valence-electron chi connectivity index (χ4n) is 2.46. The van der Waals surface area contributed by atoms with Crippen molar-refractivity contribution in [2.45, 2.75) is 38.2 Å². The molecule has 1 aromatic heterocycles. The Morgan fingerprint density at radius 3 is 2.33 bits per heavy atom. The second kappa shape index (κ2) is 4.62. The second-order valence-electron chi connectivity index (χ2n) is 5.15. The van der Waals surface area contributed by atoms with Crippen molar-refractivity contribution < 1.29 is 9.52 Å². The third-order valence-corrected chi connectivity index (χ3v) is 3.86. The van der Waals surface area contributed by atoms with E-state index in [1.54, 1.807) is 0 Å². The van der Waals surface area contributed by atoms with Crippen molar-refractivity contribution in [3.63, 3.8) is 0 Å². The van der Waals surface area contributed by atoms with Gasteiger partial charge in [0.25, 0.3) is 0 Å². The summed E-state index contributed by atoms with van der Waals surface area (Å²) in [6, 6.07) is 12.0. The van der Waals surface area contributed by atoms with E-state index >= 15 is 0 Å². The van der Waals surface area contributed by atoms with Crippen LogP contribution in [-0.2, 0) is 0 Å². The molecule has 18 heavy (non-hydrogen) atoms. The van der Waals surface area contributed by atoms with E-state index < -0.39 is 6.10 Å². The van der Waals surface area contributed by atoms with E-state index in [0.29, 0.717) is 5.76 Å². The van der Waals surface area contributed by atoms with Gasteiger partial charge in [0.2, 0.25) is 0 Å². The van der Waals surface area contributed by atoms with E-state index in [2.05, 4.69) is 12.1 Å². The van der Waals surface area contributed by atoms with Crippen LogP contribution in [0.3, 0.4) is 0 Å². The molecule has 1 aromatic carbocycles. The van der Waals surface area contributed by atoms with Gasteiger partial charge >= 0.3 is 0 Å². The summed E-state index contributed by atoms with van der Waals surface area (Å²) in [4.78, 5) is 0. The molecule has 1 fully saturated rings. The normalized spacial score (nSPS) is 17.4. The van der Waals surface area contributed by atoms with Crippen molar-refractivity contribution in [2.24, 2.45) is 0 Å². The molecule has 1 aliphatic carbocycles. The quantitative estimate of drug-likeness (QED) is 0.884. The molecule has 2 aromatic rings. The highest BCUT2D eigenvalue weighted by Crippen LogP contribution is 2.36. The minimum absolute atomic E-state index is 0.615. The van der Waals surface area contributed by atoms with E-state index in [9.17, 15) is 5.11 Å². The minimum atomic E-state index is -0.658. The van der Waals surface area contributed by atoms with Gasteiger partial charge in [-0.1, -0.05) is 30.7 Å². The van der Waals surface area contributed by atoms with Gasteiger partial charge in [-0.25, -0.2) is 0 Å². The summed E-state index contributed by atoms with van der Waals surface area (Å²) in [5.41, 5.74) is 2.29. The Balaban J connectivity index is 1.79. The van der Waals surface area contributed by atoms with Crippen LogP contribution < -0.4 is 0 Å². The smallest absolute Gasteiger partial charge is 0.137 e. The molecule has 0 amide bonds. The van der Waals surface area contributed by atoms with Crippen LogP contribution in [0.4, 0.5) is 0 Å². The SMILES string of the molecule is Cc1ccc(C(O)c2ccc(C3CCC3)cc2)o1. The van der Waals surface area contributed by atoms with Gasteiger partial charge in [-0.05, 0) is 48.9 Å². The number of aliphatic hydroxyl groups excluding tert-OH is 1. The summed E-state index contributed by atoms with van der Waals surface area (Å²) in [5, 5.41) is 10.2. The van der Waals surface area contributed by atoms with Gasteiger partial charge in [-0.2, -0.15) is 0 Å².